The van der Waals surface area contributed by atoms with Gasteiger partial charge in [0, 0.05) is 22.6 Å². The zero-order valence-electron chi connectivity index (χ0n) is 9.61. The molecule has 4 heteroatoms. The van der Waals surface area contributed by atoms with E-state index in [0.717, 1.165) is 14.8 Å². The molecule has 1 aromatic carbocycles. The predicted octanol–water partition coefficient (Wildman–Crippen LogP) is 4.57. The van der Waals surface area contributed by atoms with Crippen LogP contribution in [0.4, 0.5) is 5.82 Å². The quantitative estimate of drug-likeness (QED) is 0.859. The average molecular weight is 368 g/mol. The minimum atomic E-state index is 0.498. The number of hydrogen-bond donors (Lipinski definition) is 1. The maximum atomic E-state index is 4.38. The largest absolute Gasteiger partial charge is 0.366 e. The van der Waals surface area contributed by atoms with Crippen molar-refractivity contribution in [2.75, 3.05) is 5.32 Å². The van der Waals surface area contributed by atoms with E-state index in [9.17, 15) is 0 Å². The number of aromatic nitrogens is 1. The third-order valence-corrected chi connectivity index (χ3v) is 4.19. The highest BCUT2D eigenvalue weighted by molar-refractivity contribution is 9.11. The first-order valence-corrected chi connectivity index (χ1v) is 7.45. The van der Waals surface area contributed by atoms with Gasteiger partial charge in [0.2, 0.25) is 0 Å². The summed E-state index contributed by atoms with van der Waals surface area (Å²) in [5.41, 5.74) is 1.41. The predicted molar refractivity (Wildman–Crippen MR) is 80.8 cm³/mol. The molecule has 3 rings (SSSR count). The molecule has 1 heterocycles. The third-order valence-electron chi connectivity index (χ3n) is 3.15. The lowest BCUT2D eigenvalue weighted by molar-refractivity contribution is 1.03. The van der Waals surface area contributed by atoms with Crippen LogP contribution in [0, 0.1) is 0 Å². The Morgan fingerprint density at radius 2 is 1.94 bits per heavy atom. The summed E-state index contributed by atoms with van der Waals surface area (Å²) in [6, 6.07) is 13.1. The number of benzene rings is 1. The van der Waals surface area contributed by atoms with Gasteiger partial charge in [-0.15, -0.1) is 0 Å². The molecule has 18 heavy (non-hydrogen) atoms. The van der Waals surface area contributed by atoms with E-state index in [2.05, 4.69) is 72.5 Å². The van der Waals surface area contributed by atoms with Crippen molar-refractivity contribution in [3.63, 3.8) is 0 Å². The number of halogens is 2. The molecular weight excluding hydrogens is 356 g/mol. The Labute approximate surface area is 123 Å². The summed E-state index contributed by atoms with van der Waals surface area (Å²) in [5.74, 6) is 1.53. The van der Waals surface area contributed by atoms with Gasteiger partial charge in [-0.1, -0.05) is 30.3 Å². The van der Waals surface area contributed by atoms with Crippen LogP contribution in [0.2, 0.25) is 0 Å². The van der Waals surface area contributed by atoms with E-state index in [1.165, 1.54) is 12.0 Å². The number of nitrogens with zero attached hydrogens (tertiary/aromatic N) is 1. The lowest BCUT2D eigenvalue weighted by Crippen LogP contribution is -2.06. The second kappa shape index (κ2) is 5.02. The highest BCUT2D eigenvalue weighted by Crippen LogP contribution is 2.43. The molecule has 0 aliphatic heterocycles. The van der Waals surface area contributed by atoms with E-state index in [1.807, 2.05) is 12.3 Å². The number of anilines is 1. The average Bonchev–Trinajstić information content (AvgIpc) is 3.13. The van der Waals surface area contributed by atoms with E-state index in [1.54, 1.807) is 0 Å². The molecule has 2 unspecified atom stereocenters. The molecule has 1 N–H and O–H groups in total. The second-order valence-electron chi connectivity index (χ2n) is 4.49. The Morgan fingerprint density at radius 1 is 1.17 bits per heavy atom. The highest BCUT2D eigenvalue weighted by atomic mass is 79.9. The van der Waals surface area contributed by atoms with Crippen LogP contribution in [-0.4, -0.2) is 11.0 Å². The first-order valence-electron chi connectivity index (χ1n) is 5.86. The molecule has 1 aliphatic carbocycles. The highest BCUT2D eigenvalue weighted by Gasteiger charge is 2.38. The van der Waals surface area contributed by atoms with Crippen molar-refractivity contribution >= 4 is 37.7 Å². The topological polar surface area (TPSA) is 24.9 Å². The molecule has 0 bridgehead atoms. The van der Waals surface area contributed by atoms with Gasteiger partial charge in [0.15, 0.2) is 0 Å². The smallest absolute Gasteiger partial charge is 0.140 e. The fraction of sp³-hybridized carbons (Fsp3) is 0.214. The van der Waals surface area contributed by atoms with Crippen molar-refractivity contribution < 1.29 is 0 Å². The van der Waals surface area contributed by atoms with Crippen molar-refractivity contribution in [2.24, 2.45) is 0 Å². The summed E-state index contributed by atoms with van der Waals surface area (Å²) in [4.78, 5) is 4.38. The van der Waals surface area contributed by atoms with E-state index < -0.39 is 0 Å². The fourth-order valence-corrected chi connectivity index (χ4v) is 3.22. The van der Waals surface area contributed by atoms with Crippen LogP contribution in [0.5, 0.6) is 0 Å². The molecule has 2 aromatic rings. The maximum Gasteiger partial charge on any atom is 0.140 e. The molecular formula is C14H12Br2N2. The Bertz CT molecular complexity index is 557. The fourth-order valence-electron chi connectivity index (χ4n) is 2.12. The van der Waals surface area contributed by atoms with Crippen LogP contribution in [-0.2, 0) is 0 Å². The zero-order chi connectivity index (χ0) is 12.5. The molecule has 2 atom stereocenters. The molecule has 0 amide bonds. The number of rotatable bonds is 3. The van der Waals surface area contributed by atoms with Gasteiger partial charge in [-0.2, -0.15) is 0 Å². The van der Waals surface area contributed by atoms with Gasteiger partial charge in [0.1, 0.15) is 5.82 Å². The Morgan fingerprint density at radius 3 is 2.67 bits per heavy atom. The van der Waals surface area contributed by atoms with E-state index in [4.69, 9.17) is 0 Å². The Hall–Kier alpha value is -0.870. The van der Waals surface area contributed by atoms with Crippen LogP contribution in [0.1, 0.15) is 17.9 Å². The first kappa shape index (κ1) is 12.2. The summed E-state index contributed by atoms with van der Waals surface area (Å²) < 4.78 is 1.98. The van der Waals surface area contributed by atoms with Crippen LogP contribution in [0.3, 0.4) is 0 Å². The monoisotopic (exact) mass is 366 g/mol. The first-order chi connectivity index (χ1) is 8.74. The molecule has 0 radical (unpaired) electrons. The molecule has 1 saturated carbocycles. The number of hydrogen-bond acceptors (Lipinski definition) is 2. The van der Waals surface area contributed by atoms with E-state index >= 15 is 0 Å². The summed E-state index contributed by atoms with van der Waals surface area (Å²) in [5, 5.41) is 3.48. The van der Waals surface area contributed by atoms with Gasteiger partial charge in [-0.25, -0.2) is 4.98 Å². The van der Waals surface area contributed by atoms with Crippen molar-refractivity contribution in [3.05, 3.63) is 57.1 Å². The van der Waals surface area contributed by atoms with Crippen LogP contribution in [0.25, 0.3) is 0 Å². The van der Waals surface area contributed by atoms with Gasteiger partial charge >= 0.3 is 0 Å². The van der Waals surface area contributed by atoms with Gasteiger partial charge in [0.05, 0.1) is 4.47 Å². The van der Waals surface area contributed by atoms with Gasteiger partial charge in [-0.3, -0.25) is 0 Å². The standard InChI is InChI=1S/C14H12Br2N2/c15-10-6-12(16)14(17-8-10)18-13-7-11(13)9-4-2-1-3-5-9/h1-6,8,11,13H,7H2,(H,17,18). The molecule has 92 valence electrons. The summed E-state index contributed by atoms with van der Waals surface area (Å²) >= 11 is 6.93. The van der Waals surface area contributed by atoms with E-state index in [-0.39, 0.29) is 0 Å². The maximum absolute atomic E-state index is 4.38. The minimum absolute atomic E-state index is 0.498. The molecule has 2 nitrogen and oxygen atoms in total. The SMILES string of the molecule is Brc1cnc(NC2CC2c2ccccc2)c(Br)c1. The summed E-state index contributed by atoms with van der Waals surface area (Å²) in [7, 11) is 0. The third kappa shape index (κ3) is 2.59. The van der Waals surface area contributed by atoms with Gasteiger partial charge in [-0.05, 0) is 49.9 Å². The normalized spacial score (nSPS) is 21.7. The second-order valence-corrected chi connectivity index (χ2v) is 6.26. The Balaban J connectivity index is 1.69. The molecule has 1 aromatic heterocycles. The minimum Gasteiger partial charge on any atom is -0.366 e. The van der Waals surface area contributed by atoms with Crippen molar-refractivity contribution in [1.29, 1.82) is 0 Å². The van der Waals surface area contributed by atoms with Crippen LogP contribution >= 0.6 is 31.9 Å². The Kier molecular flexibility index (Phi) is 3.39. The van der Waals surface area contributed by atoms with Gasteiger partial charge in [0.25, 0.3) is 0 Å². The molecule has 1 aliphatic rings. The van der Waals surface area contributed by atoms with E-state index in [0.29, 0.717) is 12.0 Å². The lowest BCUT2D eigenvalue weighted by Gasteiger charge is -2.07. The summed E-state index contributed by atoms with van der Waals surface area (Å²) in [6.07, 6.45) is 2.99. The van der Waals surface area contributed by atoms with Crippen molar-refractivity contribution in [1.82, 2.24) is 4.98 Å². The van der Waals surface area contributed by atoms with Crippen molar-refractivity contribution in [2.45, 2.75) is 18.4 Å². The van der Waals surface area contributed by atoms with Gasteiger partial charge < -0.3 is 5.32 Å². The number of pyridine rings is 1. The molecule has 0 saturated heterocycles. The summed E-state index contributed by atoms with van der Waals surface area (Å²) in [6.45, 7) is 0. The van der Waals surface area contributed by atoms with Crippen LogP contribution < -0.4 is 5.32 Å². The molecule has 0 spiro atoms. The lowest BCUT2D eigenvalue weighted by atomic mass is 10.1. The number of nitrogens with one attached hydrogen (secondary N) is 1. The van der Waals surface area contributed by atoms with Crippen molar-refractivity contribution in [3.8, 4) is 0 Å². The molecule has 1 fully saturated rings. The zero-order valence-corrected chi connectivity index (χ0v) is 12.8. The van der Waals surface area contributed by atoms with Crippen LogP contribution in [0.15, 0.2) is 51.5 Å².